The fourth-order valence-electron chi connectivity index (χ4n) is 2.26. The van der Waals surface area contributed by atoms with Gasteiger partial charge in [0, 0.05) is 13.2 Å². The maximum Gasteiger partial charge on any atom is 0.0877 e. The quantitative estimate of drug-likeness (QED) is 0.373. The van der Waals surface area contributed by atoms with Crippen LogP contribution in [0.1, 0.15) is 33.1 Å². The van der Waals surface area contributed by atoms with Crippen LogP contribution in [0.25, 0.3) is 0 Å². The second-order valence-corrected chi connectivity index (χ2v) is 6.30. The molecule has 0 bridgehead atoms. The highest BCUT2D eigenvalue weighted by atomic mass is 16.6. The van der Waals surface area contributed by atoms with E-state index in [-0.39, 0.29) is 5.95 Å². The van der Waals surface area contributed by atoms with Gasteiger partial charge in [-0.3, -0.25) is 4.99 Å². The lowest BCUT2D eigenvalue weighted by Crippen LogP contribution is -2.43. The van der Waals surface area contributed by atoms with Crippen LogP contribution in [0.15, 0.2) is 40.8 Å². The summed E-state index contributed by atoms with van der Waals surface area (Å²) < 4.78 is 6.24. The van der Waals surface area contributed by atoms with Gasteiger partial charge in [0.2, 0.25) is 0 Å². The number of hydrogen-bond acceptors (Lipinski definition) is 3. The molecule has 1 aliphatic rings. The fraction of sp³-hybridized carbons (Fsp3) is 0.611. The Morgan fingerprint density at radius 2 is 1.77 bits per heavy atom. The predicted molar refractivity (Wildman–Crippen MR) is 90.6 cm³/mol. The highest BCUT2D eigenvalue weighted by Crippen LogP contribution is 2.11. The van der Waals surface area contributed by atoms with Crippen molar-refractivity contribution in [1.82, 2.24) is 0 Å². The normalized spacial score (nSPS) is 14.4. The standard InChI is InChI=1S/C18H30N2O2/c1-5-7-12-19-17-10-8-16(9-11-17)18(21)22-15-14-20(3,4)13-6-2/h8-11H,5-7,12-15H2,1-4H3. The Morgan fingerprint density at radius 1 is 1.09 bits per heavy atom. The zero-order chi connectivity index (χ0) is 16.4. The average Bonchev–Trinajstić information content (AvgIpc) is 2.48. The molecular formula is C18H30N2O2. The molecule has 22 heavy (non-hydrogen) atoms. The number of allylic oxidation sites excluding steroid dienone is 5. The molecule has 124 valence electrons. The lowest BCUT2D eigenvalue weighted by molar-refractivity contribution is -0.890. The smallest absolute Gasteiger partial charge is 0.0877 e. The highest BCUT2D eigenvalue weighted by molar-refractivity contribution is 6.05. The molecule has 0 atom stereocenters. The molecule has 0 heterocycles. The van der Waals surface area contributed by atoms with Crippen LogP contribution in [0, 0.1) is 0 Å². The van der Waals surface area contributed by atoms with Gasteiger partial charge in [0.15, 0.2) is 0 Å². The first kappa shape index (κ1) is 18.5. The summed E-state index contributed by atoms with van der Waals surface area (Å²) >= 11 is 0. The first-order valence-electron chi connectivity index (χ1n) is 8.25. The van der Waals surface area contributed by atoms with E-state index >= 15 is 0 Å². The van der Waals surface area contributed by atoms with E-state index < -0.39 is 0 Å². The van der Waals surface area contributed by atoms with Gasteiger partial charge in [0.25, 0.3) is 0 Å². The third-order valence-corrected chi connectivity index (χ3v) is 3.67. The summed E-state index contributed by atoms with van der Waals surface area (Å²) in [4.78, 5) is 4.46. The first-order valence-corrected chi connectivity index (χ1v) is 8.25. The number of unbranched alkanes of at least 4 members (excludes halogenated alkanes) is 1. The molecule has 0 aliphatic heterocycles. The van der Waals surface area contributed by atoms with Crippen LogP contribution in [0.5, 0.6) is 0 Å². The van der Waals surface area contributed by atoms with E-state index in [9.17, 15) is 5.11 Å². The zero-order valence-corrected chi connectivity index (χ0v) is 14.5. The molecule has 0 radical (unpaired) electrons. The maximum atomic E-state index is 12.0. The largest absolute Gasteiger partial charge is 0.607 e. The Labute approximate surface area is 135 Å². The van der Waals surface area contributed by atoms with Gasteiger partial charge in [-0.25, -0.2) is 0 Å². The van der Waals surface area contributed by atoms with Crippen LogP contribution in [0.3, 0.4) is 0 Å². The fourth-order valence-corrected chi connectivity index (χ4v) is 2.26. The van der Waals surface area contributed by atoms with Crippen LogP contribution >= 0.6 is 0 Å². The number of aliphatic imine (C=N–C) groups is 1. The van der Waals surface area contributed by atoms with Crippen molar-refractivity contribution in [3.8, 4) is 0 Å². The topological polar surface area (TPSA) is 44.7 Å². The van der Waals surface area contributed by atoms with Gasteiger partial charge in [-0.1, -0.05) is 32.4 Å². The monoisotopic (exact) mass is 306 g/mol. The highest BCUT2D eigenvalue weighted by Gasteiger charge is 2.11. The SMILES string of the molecule is CCCCN=C1C=CC(=C([O-])OCC[N+](C)(C)CCC)C=C1. The van der Waals surface area contributed by atoms with E-state index in [0.29, 0.717) is 12.2 Å². The number of nitrogens with zero attached hydrogens (tertiary/aromatic N) is 2. The van der Waals surface area contributed by atoms with Crippen LogP contribution in [-0.2, 0) is 4.74 Å². The van der Waals surface area contributed by atoms with Crippen molar-refractivity contribution in [1.29, 1.82) is 0 Å². The number of rotatable bonds is 9. The second-order valence-electron chi connectivity index (χ2n) is 6.30. The molecule has 0 aromatic carbocycles. The number of ether oxygens (including phenoxy) is 1. The van der Waals surface area contributed by atoms with Gasteiger partial charge in [0.05, 0.1) is 38.8 Å². The van der Waals surface area contributed by atoms with Crippen LogP contribution in [-0.4, -0.2) is 50.5 Å². The van der Waals surface area contributed by atoms with Crippen LogP contribution in [0.2, 0.25) is 0 Å². The summed E-state index contributed by atoms with van der Waals surface area (Å²) in [6, 6.07) is 0. The van der Waals surface area contributed by atoms with Gasteiger partial charge in [-0.2, -0.15) is 0 Å². The summed E-state index contributed by atoms with van der Waals surface area (Å²) in [6.45, 7) is 7.53. The summed E-state index contributed by atoms with van der Waals surface area (Å²) in [7, 11) is 4.31. The molecule has 0 aromatic heterocycles. The Balaban J connectivity index is 2.47. The number of quaternary nitrogens is 1. The van der Waals surface area contributed by atoms with Gasteiger partial charge >= 0.3 is 0 Å². The zero-order valence-electron chi connectivity index (χ0n) is 14.5. The van der Waals surface area contributed by atoms with E-state index in [1.807, 2.05) is 12.2 Å². The van der Waals surface area contributed by atoms with Gasteiger partial charge in [-0.15, -0.1) is 0 Å². The lowest BCUT2D eigenvalue weighted by atomic mass is 10.1. The Morgan fingerprint density at radius 3 is 2.36 bits per heavy atom. The molecule has 0 saturated heterocycles. The van der Waals surface area contributed by atoms with E-state index in [2.05, 4.69) is 32.9 Å². The molecule has 0 amide bonds. The Hall–Kier alpha value is -1.55. The van der Waals surface area contributed by atoms with Crippen molar-refractivity contribution in [2.45, 2.75) is 33.1 Å². The molecule has 1 rings (SSSR count). The summed E-state index contributed by atoms with van der Waals surface area (Å²) in [5.74, 6) is -0.253. The summed E-state index contributed by atoms with van der Waals surface area (Å²) in [5.41, 5.74) is 1.51. The third kappa shape index (κ3) is 6.94. The molecule has 0 fully saturated rings. The minimum absolute atomic E-state index is 0.253. The van der Waals surface area contributed by atoms with Crippen molar-refractivity contribution in [2.75, 3.05) is 40.3 Å². The first-order chi connectivity index (χ1) is 10.5. The summed E-state index contributed by atoms with van der Waals surface area (Å²) in [5, 5.41) is 12.0. The molecule has 0 unspecified atom stereocenters. The number of hydrogen-bond donors (Lipinski definition) is 0. The third-order valence-electron chi connectivity index (χ3n) is 3.67. The molecule has 0 saturated carbocycles. The van der Waals surface area contributed by atoms with Crippen molar-refractivity contribution in [2.24, 2.45) is 4.99 Å². The molecule has 1 aliphatic carbocycles. The minimum Gasteiger partial charge on any atom is -0.607 e. The lowest BCUT2D eigenvalue weighted by Gasteiger charge is -2.31. The second kappa shape index (κ2) is 9.46. The van der Waals surface area contributed by atoms with E-state index in [0.717, 1.165) is 49.1 Å². The molecule has 0 N–H and O–H groups in total. The van der Waals surface area contributed by atoms with Crippen molar-refractivity contribution < 1.29 is 14.3 Å². The van der Waals surface area contributed by atoms with Crippen LogP contribution in [0.4, 0.5) is 0 Å². The molecular weight excluding hydrogens is 276 g/mol. The Bertz CT molecular complexity index is 442. The molecule has 4 heteroatoms. The van der Waals surface area contributed by atoms with Gasteiger partial charge < -0.3 is 14.3 Å². The number of likely N-dealkylation sites (N-methyl/N-ethyl adjacent to an activating group) is 1. The van der Waals surface area contributed by atoms with Crippen molar-refractivity contribution in [3.63, 3.8) is 0 Å². The van der Waals surface area contributed by atoms with E-state index in [4.69, 9.17) is 4.74 Å². The van der Waals surface area contributed by atoms with Crippen molar-refractivity contribution in [3.05, 3.63) is 35.8 Å². The van der Waals surface area contributed by atoms with E-state index in [1.165, 1.54) is 0 Å². The van der Waals surface area contributed by atoms with Crippen LogP contribution < -0.4 is 5.11 Å². The van der Waals surface area contributed by atoms with Crippen molar-refractivity contribution >= 4 is 5.71 Å². The molecule has 0 spiro atoms. The summed E-state index contributed by atoms with van der Waals surface area (Å²) in [6.07, 6.45) is 10.7. The maximum absolute atomic E-state index is 12.0. The van der Waals surface area contributed by atoms with Gasteiger partial charge in [-0.05, 0) is 30.6 Å². The minimum atomic E-state index is -0.253. The molecule has 0 aromatic rings. The Kier molecular flexibility index (Phi) is 7.96. The molecule has 4 nitrogen and oxygen atoms in total. The average molecular weight is 306 g/mol. The predicted octanol–water partition coefficient (Wildman–Crippen LogP) is 2.43. The van der Waals surface area contributed by atoms with E-state index in [1.54, 1.807) is 12.2 Å². The van der Waals surface area contributed by atoms with Gasteiger partial charge in [0.1, 0.15) is 0 Å².